The first-order valence-corrected chi connectivity index (χ1v) is 10.6. The van der Waals surface area contributed by atoms with Crippen LogP contribution in [0.5, 0.6) is 0 Å². The molecule has 2 fully saturated rings. The van der Waals surface area contributed by atoms with Crippen LogP contribution in [0.1, 0.15) is 36.0 Å². The second-order valence-corrected chi connectivity index (χ2v) is 9.56. The molecule has 8 heteroatoms. The Balaban J connectivity index is 1.70. The molecule has 146 valence electrons. The number of benzene rings is 1. The van der Waals surface area contributed by atoms with E-state index in [-0.39, 0.29) is 23.6 Å². The Morgan fingerprint density at radius 1 is 1.26 bits per heavy atom. The molecular weight excluding hydrogens is 368 g/mol. The molecule has 0 aliphatic carbocycles. The third kappa shape index (κ3) is 4.22. The number of carbonyl (C=O) groups excluding carboxylic acids is 2. The second kappa shape index (κ2) is 7.82. The van der Waals surface area contributed by atoms with E-state index in [9.17, 15) is 18.0 Å². The van der Waals surface area contributed by atoms with Crippen LogP contribution in [0.25, 0.3) is 0 Å². The number of carbonyl (C=O) groups is 2. The summed E-state index contributed by atoms with van der Waals surface area (Å²) in [6.07, 6.45) is 2.93. The number of nitrogens with one attached hydrogen (secondary N) is 2. The van der Waals surface area contributed by atoms with Gasteiger partial charge in [-0.3, -0.25) is 9.59 Å². The molecule has 3 rings (SSSR count). The lowest BCUT2D eigenvalue weighted by Crippen LogP contribution is -2.54. The summed E-state index contributed by atoms with van der Waals surface area (Å²) >= 11 is 0. The second-order valence-electron chi connectivity index (χ2n) is 7.05. The fraction of sp³-hybridized carbons (Fsp3) is 0.474. The lowest BCUT2D eigenvalue weighted by Gasteiger charge is -2.42. The summed E-state index contributed by atoms with van der Waals surface area (Å²) in [6.45, 7) is 4.27. The first-order valence-electron chi connectivity index (χ1n) is 9.00. The van der Waals surface area contributed by atoms with E-state index in [0.717, 1.165) is 6.08 Å². The van der Waals surface area contributed by atoms with E-state index in [1.165, 1.54) is 0 Å². The monoisotopic (exact) mass is 392 g/mol. The van der Waals surface area contributed by atoms with E-state index in [0.29, 0.717) is 50.1 Å². The highest BCUT2D eigenvalue weighted by molar-refractivity contribution is 7.92. The Hall–Kier alpha value is -2.19. The van der Waals surface area contributed by atoms with Crippen LogP contribution in [0, 0.1) is 0 Å². The van der Waals surface area contributed by atoms with E-state index in [1.54, 1.807) is 24.3 Å². The van der Waals surface area contributed by atoms with Crippen molar-refractivity contribution in [1.29, 1.82) is 0 Å². The Morgan fingerprint density at radius 2 is 2.00 bits per heavy atom. The van der Waals surface area contributed by atoms with E-state index in [4.69, 9.17) is 4.74 Å². The molecule has 2 N–H and O–H groups in total. The van der Waals surface area contributed by atoms with E-state index in [1.807, 2.05) is 0 Å². The van der Waals surface area contributed by atoms with Gasteiger partial charge < -0.3 is 15.4 Å². The number of ether oxygens (including phenoxy) is 1. The summed E-state index contributed by atoms with van der Waals surface area (Å²) < 4.78 is 29.8. The molecule has 1 spiro atoms. The molecule has 2 aliphatic heterocycles. The van der Waals surface area contributed by atoms with Gasteiger partial charge in [-0.2, -0.15) is 0 Å². The molecule has 0 bridgehead atoms. The number of hydrogen-bond donors (Lipinski definition) is 2. The Bertz CT molecular complexity index is 843. The van der Waals surface area contributed by atoms with Gasteiger partial charge in [0.25, 0.3) is 5.91 Å². The SMILES string of the molecule is C=CC(=O)Nc1cccc(C(=O)NC2CCS(=O)(=O)C3(CCOCC3)C2)c1. The summed E-state index contributed by atoms with van der Waals surface area (Å²) in [5.74, 6) is -0.560. The van der Waals surface area contributed by atoms with Crippen LogP contribution >= 0.6 is 0 Å². The minimum atomic E-state index is -3.19. The van der Waals surface area contributed by atoms with Gasteiger partial charge in [-0.05, 0) is 50.0 Å². The highest BCUT2D eigenvalue weighted by Gasteiger charge is 2.49. The summed E-state index contributed by atoms with van der Waals surface area (Å²) in [5, 5.41) is 5.58. The Morgan fingerprint density at radius 3 is 2.70 bits per heavy atom. The maximum Gasteiger partial charge on any atom is 0.251 e. The minimum Gasteiger partial charge on any atom is -0.381 e. The van der Waals surface area contributed by atoms with Crippen LogP contribution in [0.4, 0.5) is 5.69 Å². The first-order chi connectivity index (χ1) is 12.9. The number of hydrogen-bond acceptors (Lipinski definition) is 5. The van der Waals surface area contributed by atoms with Gasteiger partial charge in [-0.1, -0.05) is 12.6 Å². The predicted molar refractivity (Wildman–Crippen MR) is 102 cm³/mol. The maximum absolute atomic E-state index is 12.6. The van der Waals surface area contributed by atoms with Crippen LogP contribution in [0.2, 0.25) is 0 Å². The molecule has 2 amide bonds. The first kappa shape index (κ1) is 19.6. The van der Waals surface area contributed by atoms with Gasteiger partial charge in [0.1, 0.15) is 0 Å². The van der Waals surface area contributed by atoms with Gasteiger partial charge >= 0.3 is 0 Å². The lowest BCUT2D eigenvalue weighted by molar-refractivity contribution is -0.111. The van der Waals surface area contributed by atoms with Crippen LogP contribution in [0.3, 0.4) is 0 Å². The standard InChI is InChI=1S/C19H24N2O5S/c1-2-17(22)20-15-5-3-4-14(12-15)18(23)21-16-6-11-27(24,25)19(13-16)7-9-26-10-8-19/h2-5,12,16H,1,6-11,13H2,(H,20,22)(H,21,23). The zero-order valence-corrected chi connectivity index (χ0v) is 15.9. The third-order valence-electron chi connectivity index (χ3n) is 5.33. The van der Waals surface area contributed by atoms with Crippen molar-refractivity contribution in [2.45, 2.75) is 36.5 Å². The summed E-state index contributed by atoms with van der Waals surface area (Å²) in [6, 6.07) is 6.40. The van der Waals surface area contributed by atoms with Crippen LogP contribution < -0.4 is 10.6 Å². The molecule has 0 saturated carbocycles. The van der Waals surface area contributed by atoms with E-state index >= 15 is 0 Å². The fourth-order valence-electron chi connectivity index (χ4n) is 3.77. The molecule has 2 heterocycles. The zero-order chi connectivity index (χ0) is 19.5. The summed E-state index contributed by atoms with van der Waals surface area (Å²) in [5.41, 5.74) is 0.908. The van der Waals surface area contributed by atoms with Crippen LogP contribution in [0.15, 0.2) is 36.9 Å². The normalized spacial score (nSPS) is 23.3. The molecule has 1 aromatic carbocycles. The quantitative estimate of drug-likeness (QED) is 0.759. The van der Waals surface area contributed by atoms with Crippen molar-refractivity contribution >= 4 is 27.3 Å². The number of rotatable bonds is 4. The van der Waals surface area contributed by atoms with Gasteiger partial charge in [0.2, 0.25) is 5.91 Å². The molecule has 7 nitrogen and oxygen atoms in total. The van der Waals surface area contributed by atoms with Crippen molar-refractivity contribution in [3.05, 3.63) is 42.5 Å². The highest BCUT2D eigenvalue weighted by Crippen LogP contribution is 2.39. The predicted octanol–water partition coefficient (Wildman–Crippen LogP) is 1.67. The van der Waals surface area contributed by atoms with Crippen molar-refractivity contribution in [3.8, 4) is 0 Å². The van der Waals surface area contributed by atoms with Crippen molar-refractivity contribution in [3.63, 3.8) is 0 Å². The van der Waals surface area contributed by atoms with Crippen molar-refractivity contribution in [1.82, 2.24) is 5.32 Å². The van der Waals surface area contributed by atoms with E-state index in [2.05, 4.69) is 17.2 Å². The van der Waals surface area contributed by atoms with Gasteiger partial charge in [0.15, 0.2) is 9.84 Å². The average Bonchev–Trinajstić information content (AvgIpc) is 2.66. The van der Waals surface area contributed by atoms with Crippen LogP contribution in [-0.2, 0) is 19.4 Å². The largest absolute Gasteiger partial charge is 0.381 e. The molecule has 0 aromatic heterocycles. The Kier molecular flexibility index (Phi) is 5.67. The van der Waals surface area contributed by atoms with Crippen molar-refractivity contribution in [2.24, 2.45) is 0 Å². The summed E-state index contributed by atoms with van der Waals surface area (Å²) in [4.78, 5) is 24.0. The smallest absolute Gasteiger partial charge is 0.251 e. The van der Waals surface area contributed by atoms with Gasteiger partial charge in [0, 0.05) is 30.5 Å². The third-order valence-corrected chi connectivity index (χ3v) is 8.00. The number of sulfone groups is 1. The maximum atomic E-state index is 12.6. The topological polar surface area (TPSA) is 102 Å². The highest BCUT2D eigenvalue weighted by atomic mass is 32.2. The molecule has 27 heavy (non-hydrogen) atoms. The molecule has 1 unspecified atom stereocenters. The van der Waals surface area contributed by atoms with Crippen LogP contribution in [-0.4, -0.2) is 50.0 Å². The van der Waals surface area contributed by atoms with Gasteiger partial charge in [0.05, 0.1) is 10.5 Å². The van der Waals surface area contributed by atoms with Crippen molar-refractivity contribution in [2.75, 3.05) is 24.3 Å². The molecule has 2 saturated heterocycles. The molecule has 0 radical (unpaired) electrons. The average molecular weight is 392 g/mol. The number of anilines is 1. The Labute approximate surface area is 159 Å². The fourth-order valence-corrected chi connectivity index (χ4v) is 6.05. The summed E-state index contributed by atoms with van der Waals surface area (Å²) in [7, 11) is -3.19. The van der Waals surface area contributed by atoms with Gasteiger partial charge in [-0.15, -0.1) is 0 Å². The minimum absolute atomic E-state index is 0.0768. The van der Waals surface area contributed by atoms with Crippen molar-refractivity contribution < 1.29 is 22.7 Å². The molecule has 2 aliphatic rings. The number of amides is 2. The lowest BCUT2D eigenvalue weighted by atomic mass is 9.89. The molecule has 1 atom stereocenters. The molecular formula is C19H24N2O5S. The van der Waals surface area contributed by atoms with Gasteiger partial charge in [-0.25, -0.2) is 8.42 Å². The van der Waals surface area contributed by atoms with E-state index < -0.39 is 14.6 Å². The zero-order valence-electron chi connectivity index (χ0n) is 15.1. The molecule has 1 aromatic rings.